The molecule has 1 aliphatic rings. The van der Waals surface area contributed by atoms with Gasteiger partial charge in [-0.05, 0) is 33.6 Å². The Kier molecular flexibility index (Phi) is 5.34. The van der Waals surface area contributed by atoms with E-state index in [1.807, 2.05) is 20.8 Å². The first-order valence-electron chi connectivity index (χ1n) is 6.70. The molecule has 2 amide bonds. The summed E-state index contributed by atoms with van der Waals surface area (Å²) in [5.74, 6) is -0.456. The van der Waals surface area contributed by atoms with Crippen molar-refractivity contribution in [1.82, 2.24) is 9.80 Å². The molecule has 1 rings (SSSR count). The minimum atomic E-state index is -1.00. The fraction of sp³-hybridized carbons (Fsp3) is 0.833. The summed E-state index contributed by atoms with van der Waals surface area (Å²) >= 11 is 0. The molecule has 0 radical (unpaired) electrons. The second-order valence-electron chi connectivity index (χ2n) is 5.93. The lowest BCUT2D eigenvalue weighted by Crippen LogP contribution is -2.55. The number of piperidine rings is 1. The van der Waals surface area contributed by atoms with Gasteiger partial charge in [-0.2, -0.15) is 0 Å². The lowest BCUT2D eigenvalue weighted by molar-refractivity contribution is -0.754. The predicted octanol–water partition coefficient (Wildman–Crippen LogP) is 0.964. The third-order valence-electron chi connectivity index (χ3n) is 3.40. The van der Waals surface area contributed by atoms with Crippen LogP contribution in [-0.4, -0.2) is 63.3 Å². The summed E-state index contributed by atoms with van der Waals surface area (Å²) in [5, 5.41) is 18.4. The Hall–Kier alpha value is -2.06. The van der Waals surface area contributed by atoms with Crippen LogP contribution in [0.4, 0.5) is 4.79 Å². The second-order valence-corrected chi connectivity index (χ2v) is 5.93. The van der Waals surface area contributed by atoms with Gasteiger partial charge in [0.1, 0.15) is 0 Å². The van der Waals surface area contributed by atoms with Gasteiger partial charge in [-0.25, -0.2) is 4.79 Å². The molecule has 0 unspecified atom stereocenters. The van der Waals surface area contributed by atoms with Gasteiger partial charge in [0.05, 0.1) is 0 Å². The van der Waals surface area contributed by atoms with Crippen molar-refractivity contribution in [2.75, 3.05) is 19.7 Å². The van der Waals surface area contributed by atoms with Crippen LogP contribution in [0.1, 0.15) is 33.6 Å². The van der Waals surface area contributed by atoms with Gasteiger partial charge >= 0.3 is 6.09 Å². The first kappa shape index (κ1) is 17.0. The van der Waals surface area contributed by atoms with Gasteiger partial charge in [0.2, 0.25) is 5.91 Å². The van der Waals surface area contributed by atoms with E-state index in [0.717, 1.165) is 0 Å². The number of amides is 2. The van der Waals surface area contributed by atoms with Crippen molar-refractivity contribution in [1.29, 1.82) is 0 Å². The van der Waals surface area contributed by atoms with Crippen molar-refractivity contribution < 1.29 is 24.6 Å². The number of carbonyl (C=O) groups excluding carboxylic acids is 1. The van der Waals surface area contributed by atoms with Gasteiger partial charge in [-0.3, -0.25) is 4.79 Å². The third-order valence-corrected chi connectivity index (χ3v) is 3.40. The molecule has 1 fully saturated rings. The number of hydrogen-bond acceptors (Lipinski definition) is 5. The number of nitrogens with zero attached hydrogens (tertiary/aromatic N) is 3. The summed E-state index contributed by atoms with van der Waals surface area (Å²) in [6.07, 6.45) is 0.0330. The monoisotopic (exact) mass is 303 g/mol. The Morgan fingerprint density at radius 3 is 2.29 bits per heavy atom. The van der Waals surface area contributed by atoms with Crippen LogP contribution in [0.25, 0.3) is 0 Å². The zero-order valence-corrected chi connectivity index (χ0v) is 12.4. The van der Waals surface area contributed by atoms with Gasteiger partial charge < -0.3 is 19.7 Å². The normalized spacial score (nSPS) is 16.4. The lowest BCUT2D eigenvalue weighted by atomic mass is 9.97. The molecule has 0 aromatic rings. The number of rotatable bonds is 4. The maximum atomic E-state index is 11.7. The number of hydrogen-bond donors (Lipinski definition) is 1. The molecule has 9 nitrogen and oxygen atoms in total. The topological polar surface area (TPSA) is 113 Å². The van der Waals surface area contributed by atoms with Crippen LogP contribution in [0.5, 0.6) is 0 Å². The van der Waals surface area contributed by atoms with Gasteiger partial charge in [-0.15, -0.1) is 10.1 Å². The first-order chi connectivity index (χ1) is 9.62. The van der Waals surface area contributed by atoms with Crippen LogP contribution >= 0.6 is 0 Å². The standard InChI is InChI=1S/C12H21N3O6/c1-12(2,3)14(11(17)18)9-4-6-13(7-5-9)10(16)8-21-15(19)20/h9H,4-8H2,1-3H3,(H,17,18). The van der Waals surface area contributed by atoms with Crippen molar-refractivity contribution in [3.05, 3.63) is 10.1 Å². The fourth-order valence-electron chi connectivity index (χ4n) is 2.56. The van der Waals surface area contributed by atoms with Crippen molar-refractivity contribution >= 4 is 12.0 Å². The minimum Gasteiger partial charge on any atom is -0.465 e. The largest absolute Gasteiger partial charge is 0.465 e. The smallest absolute Gasteiger partial charge is 0.407 e. The number of carbonyl (C=O) groups is 2. The quantitative estimate of drug-likeness (QED) is 0.611. The number of carboxylic acid groups (broad SMARTS) is 1. The van der Waals surface area contributed by atoms with E-state index in [9.17, 15) is 24.8 Å². The molecule has 120 valence electrons. The molecule has 0 aromatic heterocycles. The van der Waals surface area contributed by atoms with E-state index in [-0.39, 0.29) is 6.04 Å². The van der Waals surface area contributed by atoms with Gasteiger partial charge in [0, 0.05) is 24.7 Å². The Balaban J connectivity index is 2.56. The van der Waals surface area contributed by atoms with Crippen molar-refractivity contribution in [2.24, 2.45) is 0 Å². The molecular formula is C12H21N3O6. The van der Waals surface area contributed by atoms with E-state index in [1.54, 1.807) is 0 Å². The first-order valence-corrected chi connectivity index (χ1v) is 6.70. The molecule has 1 N–H and O–H groups in total. The molecule has 0 aromatic carbocycles. The van der Waals surface area contributed by atoms with Gasteiger partial charge in [0.25, 0.3) is 5.09 Å². The Morgan fingerprint density at radius 1 is 1.38 bits per heavy atom. The van der Waals surface area contributed by atoms with Crippen molar-refractivity contribution in [2.45, 2.75) is 45.2 Å². The molecule has 1 aliphatic heterocycles. The van der Waals surface area contributed by atoms with Crippen LogP contribution in [-0.2, 0) is 9.63 Å². The van der Waals surface area contributed by atoms with Crippen LogP contribution in [0.3, 0.4) is 0 Å². The van der Waals surface area contributed by atoms with Crippen LogP contribution in [0.15, 0.2) is 0 Å². The van der Waals surface area contributed by atoms with Crippen LogP contribution < -0.4 is 0 Å². The average molecular weight is 303 g/mol. The van der Waals surface area contributed by atoms with Gasteiger partial charge in [-0.1, -0.05) is 0 Å². The van der Waals surface area contributed by atoms with E-state index in [1.165, 1.54) is 9.80 Å². The zero-order chi connectivity index (χ0) is 16.2. The van der Waals surface area contributed by atoms with E-state index >= 15 is 0 Å². The van der Waals surface area contributed by atoms with Crippen LogP contribution in [0, 0.1) is 10.1 Å². The lowest BCUT2D eigenvalue weighted by Gasteiger charge is -2.43. The Morgan fingerprint density at radius 2 is 1.90 bits per heavy atom. The van der Waals surface area contributed by atoms with E-state index in [4.69, 9.17) is 0 Å². The molecule has 1 heterocycles. The van der Waals surface area contributed by atoms with Crippen LogP contribution in [0.2, 0.25) is 0 Å². The highest BCUT2D eigenvalue weighted by molar-refractivity contribution is 5.77. The minimum absolute atomic E-state index is 0.164. The highest BCUT2D eigenvalue weighted by Crippen LogP contribution is 2.24. The Bertz CT molecular complexity index is 412. The summed E-state index contributed by atoms with van der Waals surface area (Å²) in [6, 6.07) is -0.164. The van der Waals surface area contributed by atoms with E-state index < -0.39 is 29.2 Å². The van der Waals surface area contributed by atoms with Crippen molar-refractivity contribution in [3.8, 4) is 0 Å². The van der Waals surface area contributed by atoms with E-state index in [2.05, 4.69) is 4.84 Å². The maximum Gasteiger partial charge on any atom is 0.407 e. The molecular weight excluding hydrogens is 282 g/mol. The molecule has 0 saturated carbocycles. The molecule has 0 bridgehead atoms. The molecule has 0 atom stereocenters. The molecule has 0 spiro atoms. The molecule has 1 saturated heterocycles. The summed E-state index contributed by atoms with van der Waals surface area (Å²) in [6.45, 7) is 5.60. The molecule has 21 heavy (non-hydrogen) atoms. The number of likely N-dealkylation sites (tertiary alicyclic amines) is 1. The van der Waals surface area contributed by atoms with E-state index in [0.29, 0.717) is 25.9 Å². The summed E-state index contributed by atoms with van der Waals surface area (Å²) < 4.78 is 0. The third kappa shape index (κ3) is 4.76. The molecule has 0 aliphatic carbocycles. The highest BCUT2D eigenvalue weighted by atomic mass is 16.9. The second kappa shape index (κ2) is 6.59. The predicted molar refractivity (Wildman–Crippen MR) is 72.2 cm³/mol. The maximum absolute atomic E-state index is 11.7. The average Bonchev–Trinajstić information content (AvgIpc) is 2.34. The summed E-state index contributed by atoms with van der Waals surface area (Å²) in [4.78, 5) is 40.0. The SMILES string of the molecule is CC(C)(C)N(C(=O)O)C1CCN(C(=O)CO[N+](=O)[O-])CC1. The fourth-order valence-corrected chi connectivity index (χ4v) is 2.56. The van der Waals surface area contributed by atoms with Gasteiger partial charge in [0.15, 0.2) is 6.61 Å². The highest BCUT2D eigenvalue weighted by Gasteiger charge is 2.35. The molecule has 9 heteroatoms. The van der Waals surface area contributed by atoms with Crippen molar-refractivity contribution in [3.63, 3.8) is 0 Å². The Labute approximate surface area is 122 Å². The summed E-state index contributed by atoms with van der Waals surface area (Å²) in [7, 11) is 0. The summed E-state index contributed by atoms with van der Waals surface area (Å²) in [5.41, 5.74) is -0.516. The zero-order valence-electron chi connectivity index (χ0n) is 12.4.